The Bertz CT molecular complexity index is 189. The van der Waals surface area contributed by atoms with Crippen LogP contribution >= 0.6 is 0 Å². The van der Waals surface area contributed by atoms with Crippen LogP contribution in [0.3, 0.4) is 0 Å². The summed E-state index contributed by atoms with van der Waals surface area (Å²) in [7, 11) is 0. The van der Waals surface area contributed by atoms with Gasteiger partial charge < -0.3 is 9.47 Å². The van der Waals surface area contributed by atoms with Crippen molar-refractivity contribution in [2.24, 2.45) is 0 Å². The molecule has 0 spiro atoms. The first kappa shape index (κ1) is 8.12. The van der Waals surface area contributed by atoms with Gasteiger partial charge in [0.15, 0.2) is 6.29 Å². The molecule has 0 aromatic rings. The lowest BCUT2D eigenvalue weighted by Crippen LogP contribution is -2.22. The van der Waals surface area contributed by atoms with Crippen molar-refractivity contribution in [1.82, 2.24) is 0 Å². The molecule has 14 heavy (non-hydrogen) atoms. The molecule has 1 aliphatic rings. The van der Waals surface area contributed by atoms with E-state index in [1.54, 1.807) is 0 Å². The Kier molecular flexibility index (Phi) is 4.78. The van der Waals surface area contributed by atoms with Gasteiger partial charge in [0.2, 0.25) is 0 Å². The second-order valence-electron chi connectivity index (χ2n) is 3.83. The Balaban J connectivity index is 1.84. The van der Waals surface area contributed by atoms with E-state index in [9.17, 15) is 0 Å². The van der Waals surface area contributed by atoms with E-state index in [1.807, 2.05) is 0 Å². The average Bonchev–Trinajstić information content (AvgIpc) is 2.28. The molecule has 0 N–H and O–H groups in total. The molecule has 2 nitrogen and oxygen atoms in total. The van der Waals surface area contributed by atoms with Gasteiger partial charge in [0.25, 0.3) is 0 Å². The molecular formula is C12H24O2. The maximum absolute atomic E-state index is 7.07. The summed E-state index contributed by atoms with van der Waals surface area (Å²) in [6.07, 6.45) is 7.51. The van der Waals surface area contributed by atoms with Crippen LogP contribution in [0.4, 0.5) is 0 Å². The van der Waals surface area contributed by atoms with E-state index in [4.69, 9.17) is 13.6 Å². The van der Waals surface area contributed by atoms with Crippen LogP contribution in [-0.4, -0.2) is 19.5 Å². The van der Waals surface area contributed by atoms with Crippen LogP contribution in [0.2, 0.25) is 0 Å². The topological polar surface area (TPSA) is 18.5 Å². The minimum absolute atomic E-state index is 0.00567. The molecule has 0 aromatic heterocycles. The van der Waals surface area contributed by atoms with Crippen molar-refractivity contribution in [3.05, 3.63) is 0 Å². The van der Waals surface area contributed by atoms with Crippen molar-refractivity contribution in [3.63, 3.8) is 0 Å². The highest BCUT2D eigenvalue weighted by Gasteiger charge is 2.12. The second kappa shape index (κ2) is 8.25. The van der Waals surface area contributed by atoms with Crippen molar-refractivity contribution < 1.29 is 13.6 Å². The van der Waals surface area contributed by atoms with Gasteiger partial charge in [-0.25, -0.2) is 0 Å². The molecule has 1 atom stereocenters. The summed E-state index contributed by atoms with van der Waals surface area (Å²) >= 11 is 0. The molecule has 0 aromatic carbocycles. The molecule has 0 aliphatic carbocycles. The normalized spacial score (nSPS) is 26.6. The Labute approximate surface area is 92.2 Å². The fourth-order valence-electron chi connectivity index (χ4n) is 1.64. The van der Waals surface area contributed by atoms with Gasteiger partial charge >= 0.3 is 0 Å². The van der Waals surface area contributed by atoms with Gasteiger partial charge in [-0.15, -0.1) is 0 Å². The van der Waals surface area contributed by atoms with Crippen molar-refractivity contribution in [2.75, 3.05) is 13.2 Å². The summed E-state index contributed by atoms with van der Waals surface area (Å²) in [5, 5.41) is 0. The van der Waals surface area contributed by atoms with Crippen molar-refractivity contribution in [2.45, 2.75) is 64.5 Å². The standard InChI is InChI=1S/C12H24O2/c1-2-3-4-5-7-10-13-12-9-6-8-11-14-12/h12H,2-11H2,1H3/i1D3. The van der Waals surface area contributed by atoms with E-state index in [1.165, 1.54) is 6.42 Å². The summed E-state index contributed by atoms with van der Waals surface area (Å²) in [6, 6.07) is 0. The summed E-state index contributed by atoms with van der Waals surface area (Å²) in [4.78, 5) is 0. The summed E-state index contributed by atoms with van der Waals surface area (Å²) in [5.41, 5.74) is 0. The summed E-state index contributed by atoms with van der Waals surface area (Å²) < 4.78 is 32.3. The van der Waals surface area contributed by atoms with E-state index in [0.717, 1.165) is 51.7 Å². The lowest BCUT2D eigenvalue weighted by Gasteiger charge is -2.22. The molecule has 0 radical (unpaired) electrons. The van der Waals surface area contributed by atoms with E-state index in [2.05, 4.69) is 0 Å². The summed E-state index contributed by atoms with van der Waals surface area (Å²) in [5.74, 6) is 0. The van der Waals surface area contributed by atoms with Gasteiger partial charge in [-0.3, -0.25) is 0 Å². The summed E-state index contributed by atoms with van der Waals surface area (Å²) in [6.45, 7) is -0.200. The van der Waals surface area contributed by atoms with Gasteiger partial charge in [0.1, 0.15) is 0 Å². The fourth-order valence-corrected chi connectivity index (χ4v) is 1.64. The minimum atomic E-state index is -1.76. The van der Waals surface area contributed by atoms with Crippen LogP contribution in [0.1, 0.15) is 62.3 Å². The quantitative estimate of drug-likeness (QED) is 0.590. The first-order valence-corrected chi connectivity index (χ1v) is 5.81. The number of hydrogen-bond acceptors (Lipinski definition) is 2. The lowest BCUT2D eigenvalue weighted by molar-refractivity contribution is -0.162. The molecule has 0 bridgehead atoms. The second-order valence-corrected chi connectivity index (χ2v) is 3.83. The van der Waals surface area contributed by atoms with Gasteiger partial charge in [0, 0.05) is 17.3 Å². The van der Waals surface area contributed by atoms with Crippen LogP contribution in [0.15, 0.2) is 0 Å². The van der Waals surface area contributed by atoms with Crippen molar-refractivity contribution in [1.29, 1.82) is 0 Å². The maximum atomic E-state index is 7.07. The highest BCUT2D eigenvalue weighted by molar-refractivity contribution is 4.54. The number of rotatable bonds is 7. The highest BCUT2D eigenvalue weighted by Crippen LogP contribution is 2.14. The van der Waals surface area contributed by atoms with E-state index >= 15 is 0 Å². The van der Waals surface area contributed by atoms with E-state index in [-0.39, 0.29) is 6.29 Å². The SMILES string of the molecule is [2H]C([2H])([2H])CCCCCCOC1CCCCO1. The number of hydrogen-bond donors (Lipinski definition) is 0. The first-order valence-electron chi connectivity index (χ1n) is 7.31. The van der Waals surface area contributed by atoms with Gasteiger partial charge in [-0.1, -0.05) is 32.5 Å². The van der Waals surface area contributed by atoms with Gasteiger partial charge in [-0.05, 0) is 25.7 Å². The van der Waals surface area contributed by atoms with Crippen LogP contribution in [0.5, 0.6) is 0 Å². The lowest BCUT2D eigenvalue weighted by atomic mass is 10.2. The molecule has 1 unspecified atom stereocenters. The zero-order valence-corrected chi connectivity index (χ0v) is 8.96. The van der Waals surface area contributed by atoms with Gasteiger partial charge in [-0.2, -0.15) is 0 Å². The van der Waals surface area contributed by atoms with Crippen molar-refractivity contribution >= 4 is 0 Å². The zero-order valence-electron chi connectivity index (χ0n) is 12.0. The third-order valence-corrected chi connectivity index (χ3v) is 2.51. The Morgan fingerprint density at radius 2 is 2.21 bits per heavy atom. The monoisotopic (exact) mass is 203 g/mol. The molecule has 1 saturated heterocycles. The number of unbranched alkanes of at least 4 members (excludes halogenated alkanes) is 3. The highest BCUT2D eigenvalue weighted by atomic mass is 16.7. The first-order chi connectivity index (χ1) is 8.08. The molecule has 1 fully saturated rings. The molecule has 0 saturated carbocycles. The molecule has 0 amide bonds. The molecule has 1 heterocycles. The van der Waals surface area contributed by atoms with Crippen LogP contribution in [-0.2, 0) is 9.47 Å². The maximum Gasteiger partial charge on any atom is 0.157 e. The smallest absolute Gasteiger partial charge is 0.157 e. The molecule has 2 heteroatoms. The predicted octanol–water partition coefficient (Wildman–Crippen LogP) is 3.50. The minimum Gasteiger partial charge on any atom is -0.353 e. The van der Waals surface area contributed by atoms with Crippen LogP contribution < -0.4 is 0 Å². The van der Waals surface area contributed by atoms with E-state index < -0.39 is 6.85 Å². The van der Waals surface area contributed by atoms with Gasteiger partial charge in [0.05, 0.1) is 0 Å². The molecular weight excluding hydrogens is 176 g/mol. The van der Waals surface area contributed by atoms with Crippen LogP contribution in [0, 0.1) is 0 Å². The largest absolute Gasteiger partial charge is 0.353 e. The molecule has 1 aliphatic heterocycles. The Hall–Kier alpha value is -0.0800. The third kappa shape index (κ3) is 5.61. The Morgan fingerprint density at radius 3 is 3.00 bits per heavy atom. The molecule has 84 valence electrons. The third-order valence-electron chi connectivity index (χ3n) is 2.51. The van der Waals surface area contributed by atoms with E-state index in [0.29, 0.717) is 6.42 Å². The van der Waals surface area contributed by atoms with Crippen molar-refractivity contribution in [3.8, 4) is 0 Å². The molecule has 1 rings (SSSR count). The predicted molar refractivity (Wildman–Crippen MR) is 58.3 cm³/mol. The zero-order chi connectivity index (χ0) is 12.6. The number of ether oxygens (including phenoxy) is 2. The fraction of sp³-hybridized carbons (Fsp3) is 1.00. The Morgan fingerprint density at radius 1 is 1.29 bits per heavy atom. The average molecular weight is 203 g/mol. The van der Waals surface area contributed by atoms with Crippen LogP contribution in [0.25, 0.3) is 0 Å².